The first-order valence-electron chi connectivity index (χ1n) is 4.59. The number of hydrogen-bond donors (Lipinski definition) is 1. The van der Waals surface area contributed by atoms with E-state index in [-0.39, 0.29) is 0 Å². The molecule has 1 aliphatic rings. The van der Waals surface area contributed by atoms with E-state index in [1.807, 2.05) is 0 Å². The molecule has 0 spiro atoms. The lowest BCUT2D eigenvalue weighted by atomic mass is 10.2. The van der Waals surface area contributed by atoms with Crippen molar-refractivity contribution in [1.82, 2.24) is 0 Å². The Balaban J connectivity index is 1.98. The van der Waals surface area contributed by atoms with E-state index in [1.54, 1.807) is 11.3 Å². The topological polar surface area (TPSA) is 38.4 Å². The van der Waals surface area contributed by atoms with Crippen molar-refractivity contribution >= 4 is 17.2 Å². The molecule has 70 valence electrons. The average molecular weight is 194 g/mol. The van der Waals surface area contributed by atoms with Gasteiger partial charge in [0, 0.05) is 5.92 Å². The highest BCUT2D eigenvalue weighted by atomic mass is 32.1. The predicted octanol–water partition coefficient (Wildman–Crippen LogP) is 2.32. The van der Waals surface area contributed by atoms with E-state index in [9.17, 15) is 0 Å². The third-order valence-electron chi connectivity index (χ3n) is 2.39. The predicted molar refractivity (Wildman–Crippen MR) is 57.1 cm³/mol. The Labute approximate surface area is 82.5 Å². The van der Waals surface area contributed by atoms with Gasteiger partial charge in [0.05, 0.1) is 12.4 Å². The molecule has 2 N–H and O–H groups in total. The van der Waals surface area contributed by atoms with Gasteiger partial charge < -0.3 is 5.73 Å². The van der Waals surface area contributed by atoms with Crippen LogP contribution in [0.15, 0.2) is 15.8 Å². The van der Waals surface area contributed by atoms with Gasteiger partial charge in [-0.2, -0.15) is 11.3 Å². The zero-order valence-electron chi connectivity index (χ0n) is 7.79. The smallest absolute Gasteiger partial charge is 0.0972 e. The molecule has 0 saturated heterocycles. The molecule has 0 atom stereocenters. The molecule has 3 heteroatoms. The molecule has 0 unspecified atom stereocenters. The van der Waals surface area contributed by atoms with Gasteiger partial charge >= 0.3 is 0 Å². The molecule has 1 heterocycles. The number of aryl methyl sites for hydroxylation is 1. The lowest BCUT2D eigenvalue weighted by molar-refractivity contribution is 1.01. The third kappa shape index (κ3) is 2.10. The number of hydrogen-bond acceptors (Lipinski definition) is 2. The number of nitrogens with two attached hydrogens (primary N) is 1. The molecular weight excluding hydrogens is 180 g/mol. The van der Waals surface area contributed by atoms with Crippen molar-refractivity contribution in [2.75, 3.05) is 0 Å². The standard InChI is InChI=1S/C10H14N2S/c1-7-5-13-6-9(7)4-12-10(11)8-2-3-8/h5-6,8H,2-4H2,1H3,(H2,11,12). The molecule has 1 fully saturated rings. The molecular formula is C10H14N2S. The quantitative estimate of drug-likeness (QED) is 0.582. The van der Waals surface area contributed by atoms with E-state index in [0.29, 0.717) is 5.92 Å². The Kier molecular flexibility index (Phi) is 2.36. The molecule has 1 aromatic heterocycles. The normalized spacial score (nSPS) is 17.8. The van der Waals surface area contributed by atoms with Gasteiger partial charge in [0.1, 0.15) is 0 Å². The Morgan fingerprint density at radius 1 is 1.62 bits per heavy atom. The van der Waals surface area contributed by atoms with Gasteiger partial charge in [0.2, 0.25) is 0 Å². The summed E-state index contributed by atoms with van der Waals surface area (Å²) in [5.74, 6) is 1.45. The molecule has 1 aliphatic carbocycles. The van der Waals surface area contributed by atoms with Crippen LogP contribution < -0.4 is 5.73 Å². The van der Waals surface area contributed by atoms with Gasteiger partial charge in [-0.1, -0.05) is 0 Å². The van der Waals surface area contributed by atoms with Crippen LogP contribution in [0.3, 0.4) is 0 Å². The summed E-state index contributed by atoms with van der Waals surface area (Å²) in [5.41, 5.74) is 8.44. The summed E-state index contributed by atoms with van der Waals surface area (Å²) >= 11 is 1.73. The van der Waals surface area contributed by atoms with Gasteiger partial charge in [-0.15, -0.1) is 0 Å². The molecule has 0 radical (unpaired) electrons. The fraction of sp³-hybridized carbons (Fsp3) is 0.500. The Morgan fingerprint density at radius 2 is 2.38 bits per heavy atom. The second-order valence-electron chi connectivity index (χ2n) is 3.60. The van der Waals surface area contributed by atoms with Crippen molar-refractivity contribution in [3.05, 3.63) is 21.9 Å². The summed E-state index contributed by atoms with van der Waals surface area (Å²) in [6.45, 7) is 2.88. The fourth-order valence-electron chi connectivity index (χ4n) is 1.23. The molecule has 2 nitrogen and oxygen atoms in total. The van der Waals surface area contributed by atoms with E-state index in [2.05, 4.69) is 22.7 Å². The van der Waals surface area contributed by atoms with E-state index in [4.69, 9.17) is 5.73 Å². The summed E-state index contributed by atoms with van der Waals surface area (Å²) in [7, 11) is 0. The first-order valence-corrected chi connectivity index (χ1v) is 5.53. The molecule has 1 saturated carbocycles. The number of amidine groups is 1. The Hall–Kier alpha value is -0.830. The van der Waals surface area contributed by atoms with Crippen molar-refractivity contribution in [2.24, 2.45) is 16.6 Å². The molecule has 2 rings (SSSR count). The molecule has 0 aliphatic heterocycles. The van der Waals surface area contributed by atoms with Crippen molar-refractivity contribution in [3.63, 3.8) is 0 Å². The van der Waals surface area contributed by atoms with E-state index in [0.717, 1.165) is 12.4 Å². The second-order valence-corrected chi connectivity index (χ2v) is 4.34. The highest BCUT2D eigenvalue weighted by Crippen LogP contribution is 2.29. The van der Waals surface area contributed by atoms with Crippen molar-refractivity contribution < 1.29 is 0 Å². The van der Waals surface area contributed by atoms with E-state index < -0.39 is 0 Å². The third-order valence-corrected chi connectivity index (χ3v) is 3.30. The SMILES string of the molecule is Cc1cscc1CN=C(N)C1CC1. The summed E-state index contributed by atoms with van der Waals surface area (Å²) in [6, 6.07) is 0. The highest BCUT2D eigenvalue weighted by Gasteiger charge is 2.25. The molecule has 0 amide bonds. The first kappa shape index (κ1) is 8.75. The lowest BCUT2D eigenvalue weighted by Gasteiger charge is -1.97. The Morgan fingerprint density at radius 3 is 2.92 bits per heavy atom. The summed E-state index contributed by atoms with van der Waals surface area (Å²) < 4.78 is 0. The molecule has 0 bridgehead atoms. The minimum absolute atomic E-state index is 0.596. The maximum absolute atomic E-state index is 5.80. The largest absolute Gasteiger partial charge is 0.387 e. The van der Waals surface area contributed by atoms with Crippen molar-refractivity contribution in [2.45, 2.75) is 26.3 Å². The number of nitrogens with zero attached hydrogens (tertiary/aromatic N) is 1. The van der Waals surface area contributed by atoms with Gasteiger partial charge in [-0.05, 0) is 41.7 Å². The lowest BCUT2D eigenvalue weighted by Crippen LogP contribution is -2.14. The van der Waals surface area contributed by atoms with Crippen LogP contribution in [-0.4, -0.2) is 5.84 Å². The van der Waals surface area contributed by atoms with Crippen molar-refractivity contribution in [3.8, 4) is 0 Å². The van der Waals surface area contributed by atoms with Crippen LogP contribution in [0.4, 0.5) is 0 Å². The van der Waals surface area contributed by atoms with Crippen LogP contribution in [0, 0.1) is 12.8 Å². The summed E-state index contributed by atoms with van der Waals surface area (Å²) in [5, 5.41) is 4.30. The molecule has 0 aromatic carbocycles. The minimum Gasteiger partial charge on any atom is -0.387 e. The van der Waals surface area contributed by atoms with Crippen molar-refractivity contribution in [1.29, 1.82) is 0 Å². The first-order chi connectivity index (χ1) is 6.27. The van der Waals surface area contributed by atoms with Crippen LogP contribution >= 0.6 is 11.3 Å². The van der Waals surface area contributed by atoms with Crippen LogP contribution in [0.1, 0.15) is 24.0 Å². The van der Waals surface area contributed by atoms with Gasteiger partial charge in [0.25, 0.3) is 0 Å². The zero-order chi connectivity index (χ0) is 9.26. The van der Waals surface area contributed by atoms with Gasteiger partial charge in [0.15, 0.2) is 0 Å². The number of thiophene rings is 1. The average Bonchev–Trinajstić information content (AvgIpc) is 2.88. The fourth-order valence-corrected chi connectivity index (χ4v) is 2.08. The number of aliphatic imine (C=N–C) groups is 1. The minimum atomic E-state index is 0.596. The van der Waals surface area contributed by atoms with E-state index >= 15 is 0 Å². The van der Waals surface area contributed by atoms with Crippen LogP contribution in [-0.2, 0) is 6.54 Å². The van der Waals surface area contributed by atoms with Crippen LogP contribution in [0.5, 0.6) is 0 Å². The summed E-state index contributed by atoms with van der Waals surface area (Å²) in [6.07, 6.45) is 2.47. The zero-order valence-corrected chi connectivity index (χ0v) is 8.60. The Bertz CT molecular complexity index is 323. The monoisotopic (exact) mass is 194 g/mol. The highest BCUT2D eigenvalue weighted by molar-refractivity contribution is 7.08. The molecule has 13 heavy (non-hydrogen) atoms. The molecule has 1 aromatic rings. The van der Waals surface area contributed by atoms with Crippen LogP contribution in [0.25, 0.3) is 0 Å². The maximum atomic E-state index is 5.80. The maximum Gasteiger partial charge on any atom is 0.0972 e. The van der Waals surface area contributed by atoms with Gasteiger partial charge in [-0.3, -0.25) is 4.99 Å². The van der Waals surface area contributed by atoms with Gasteiger partial charge in [-0.25, -0.2) is 0 Å². The number of rotatable bonds is 3. The second kappa shape index (κ2) is 3.50. The summed E-state index contributed by atoms with van der Waals surface area (Å²) in [4.78, 5) is 4.39. The van der Waals surface area contributed by atoms with E-state index in [1.165, 1.54) is 24.0 Å². The van der Waals surface area contributed by atoms with Crippen LogP contribution in [0.2, 0.25) is 0 Å².